The molecule has 1 N–H and O–H groups in total. The molecule has 1 heterocycles. The number of carbonyl (C=O) groups is 2. The summed E-state index contributed by atoms with van der Waals surface area (Å²) in [5.74, 6) is -0.973. The molecule has 0 spiro atoms. The molecular formula is C16H9Cl3N2O2. The van der Waals surface area contributed by atoms with Gasteiger partial charge in [-0.15, -0.1) is 0 Å². The minimum absolute atomic E-state index is 0.0100. The lowest BCUT2D eigenvalue weighted by atomic mass is 10.1. The SMILES string of the molecule is O=C1NN(c2ccc(Cl)cc2)C(=O)/C1=C\c1ccc(Cl)cc1Cl. The molecule has 1 saturated heterocycles. The van der Waals surface area contributed by atoms with E-state index in [1.807, 2.05) is 0 Å². The van der Waals surface area contributed by atoms with E-state index in [4.69, 9.17) is 34.8 Å². The predicted octanol–water partition coefficient (Wildman–Crippen LogP) is 4.11. The molecule has 0 unspecified atom stereocenters. The van der Waals surface area contributed by atoms with Crippen molar-refractivity contribution in [2.45, 2.75) is 0 Å². The Morgan fingerprint density at radius 1 is 0.913 bits per heavy atom. The maximum absolute atomic E-state index is 12.5. The molecule has 0 atom stereocenters. The van der Waals surface area contributed by atoms with E-state index < -0.39 is 11.8 Å². The summed E-state index contributed by atoms with van der Waals surface area (Å²) in [6.07, 6.45) is 1.44. The van der Waals surface area contributed by atoms with Gasteiger partial charge in [0.2, 0.25) is 0 Å². The number of benzene rings is 2. The average molecular weight is 368 g/mol. The number of carbonyl (C=O) groups excluding carboxylic acids is 2. The van der Waals surface area contributed by atoms with Crippen molar-refractivity contribution in [1.29, 1.82) is 0 Å². The topological polar surface area (TPSA) is 49.4 Å². The highest BCUT2D eigenvalue weighted by Crippen LogP contribution is 2.26. The standard InChI is InChI=1S/C16H9Cl3N2O2/c17-10-3-5-12(6-4-10)21-16(23)13(15(22)20-21)7-9-1-2-11(18)8-14(9)19/h1-8H,(H,20,22)/b13-7-. The Morgan fingerprint density at radius 3 is 2.22 bits per heavy atom. The number of halogens is 3. The Morgan fingerprint density at radius 2 is 1.57 bits per heavy atom. The van der Waals surface area contributed by atoms with Crippen molar-refractivity contribution in [3.63, 3.8) is 0 Å². The molecule has 0 aliphatic carbocycles. The van der Waals surface area contributed by atoms with E-state index in [-0.39, 0.29) is 5.57 Å². The predicted molar refractivity (Wildman–Crippen MR) is 91.5 cm³/mol. The highest BCUT2D eigenvalue weighted by atomic mass is 35.5. The lowest BCUT2D eigenvalue weighted by Crippen LogP contribution is -2.35. The van der Waals surface area contributed by atoms with Gasteiger partial charge in [0, 0.05) is 15.1 Å². The first kappa shape index (κ1) is 15.9. The fourth-order valence-electron chi connectivity index (χ4n) is 2.10. The van der Waals surface area contributed by atoms with Gasteiger partial charge in [0.05, 0.1) is 5.69 Å². The van der Waals surface area contributed by atoms with Crippen LogP contribution in [0.3, 0.4) is 0 Å². The Kier molecular flexibility index (Phi) is 4.31. The second kappa shape index (κ2) is 6.24. The molecule has 0 saturated carbocycles. The van der Waals surface area contributed by atoms with Gasteiger partial charge in [-0.2, -0.15) is 0 Å². The van der Waals surface area contributed by atoms with Gasteiger partial charge >= 0.3 is 0 Å². The maximum Gasteiger partial charge on any atom is 0.282 e. The van der Waals surface area contributed by atoms with Crippen molar-refractivity contribution in [2.75, 3.05) is 5.01 Å². The Bertz CT molecular complexity index is 832. The molecule has 2 amide bonds. The van der Waals surface area contributed by atoms with Gasteiger partial charge in [0.25, 0.3) is 11.8 Å². The second-order valence-electron chi connectivity index (χ2n) is 4.78. The van der Waals surface area contributed by atoms with E-state index in [1.165, 1.54) is 6.08 Å². The first-order chi connectivity index (χ1) is 11.0. The zero-order valence-electron chi connectivity index (χ0n) is 11.5. The number of amides is 2. The van der Waals surface area contributed by atoms with Gasteiger partial charge in [0.15, 0.2) is 0 Å². The molecule has 4 nitrogen and oxygen atoms in total. The molecule has 0 aromatic heterocycles. The minimum Gasteiger partial charge on any atom is -0.267 e. The van der Waals surface area contributed by atoms with Crippen LogP contribution in [-0.4, -0.2) is 11.8 Å². The fraction of sp³-hybridized carbons (Fsp3) is 0. The van der Waals surface area contributed by atoms with Crippen LogP contribution >= 0.6 is 34.8 Å². The van der Waals surface area contributed by atoms with Crippen LogP contribution in [0.2, 0.25) is 15.1 Å². The summed E-state index contributed by atoms with van der Waals surface area (Å²) in [5.41, 5.74) is 3.54. The van der Waals surface area contributed by atoms with Crippen molar-refractivity contribution >= 4 is 58.4 Å². The van der Waals surface area contributed by atoms with E-state index in [9.17, 15) is 9.59 Å². The number of nitrogens with zero attached hydrogens (tertiary/aromatic N) is 1. The Labute approximate surface area is 147 Å². The molecule has 1 aliphatic heterocycles. The van der Waals surface area contributed by atoms with Gasteiger partial charge in [-0.05, 0) is 48.0 Å². The number of hydrazine groups is 1. The third-order valence-corrected chi connectivity index (χ3v) is 4.05. The van der Waals surface area contributed by atoms with E-state index in [1.54, 1.807) is 42.5 Å². The maximum atomic E-state index is 12.5. The van der Waals surface area contributed by atoms with Gasteiger partial charge in [0.1, 0.15) is 5.57 Å². The number of rotatable bonds is 2. The molecule has 2 aromatic carbocycles. The van der Waals surface area contributed by atoms with E-state index in [0.29, 0.717) is 26.3 Å². The van der Waals surface area contributed by atoms with E-state index in [0.717, 1.165) is 5.01 Å². The van der Waals surface area contributed by atoms with Crippen molar-refractivity contribution in [1.82, 2.24) is 5.43 Å². The molecule has 7 heteroatoms. The number of hydrogen-bond acceptors (Lipinski definition) is 2. The van der Waals surface area contributed by atoms with Crippen LogP contribution in [0.5, 0.6) is 0 Å². The van der Waals surface area contributed by atoms with Gasteiger partial charge < -0.3 is 0 Å². The summed E-state index contributed by atoms with van der Waals surface area (Å²) in [6, 6.07) is 11.4. The van der Waals surface area contributed by atoms with Crippen LogP contribution in [0.25, 0.3) is 6.08 Å². The Balaban J connectivity index is 1.95. The normalized spacial score (nSPS) is 16.1. The lowest BCUT2D eigenvalue weighted by molar-refractivity contribution is -0.117. The second-order valence-corrected chi connectivity index (χ2v) is 6.06. The molecular weight excluding hydrogens is 359 g/mol. The number of hydrogen-bond donors (Lipinski definition) is 1. The highest BCUT2D eigenvalue weighted by molar-refractivity contribution is 6.36. The zero-order chi connectivity index (χ0) is 16.6. The van der Waals surface area contributed by atoms with Crippen molar-refractivity contribution < 1.29 is 9.59 Å². The largest absolute Gasteiger partial charge is 0.282 e. The first-order valence-corrected chi connectivity index (χ1v) is 7.67. The first-order valence-electron chi connectivity index (χ1n) is 6.53. The molecule has 1 fully saturated rings. The summed E-state index contributed by atoms with van der Waals surface area (Å²) in [4.78, 5) is 24.5. The van der Waals surface area contributed by atoms with Crippen LogP contribution in [0, 0.1) is 0 Å². The molecule has 23 heavy (non-hydrogen) atoms. The molecule has 116 valence electrons. The fourth-order valence-corrected chi connectivity index (χ4v) is 2.69. The summed E-state index contributed by atoms with van der Waals surface area (Å²) in [6.45, 7) is 0. The smallest absolute Gasteiger partial charge is 0.267 e. The molecule has 3 rings (SSSR count). The molecule has 1 aliphatic rings. The number of anilines is 1. The monoisotopic (exact) mass is 366 g/mol. The zero-order valence-corrected chi connectivity index (χ0v) is 13.8. The summed E-state index contributed by atoms with van der Waals surface area (Å²) < 4.78 is 0. The molecule has 0 radical (unpaired) electrons. The van der Waals surface area contributed by atoms with Crippen LogP contribution in [0.1, 0.15) is 5.56 Å². The average Bonchev–Trinajstić information content (AvgIpc) is 2.78. The van der Waals surface area contributed by atoms with Gasteiger partial charge in [-0.3, -0.25) is 15.0 Å². The molecule has 0 bridgehead atoms. The third-order valence-electron chi connectivity index (χ3n) is 3.24. The number of nitrogens with one attached hydrogen (secondary N) is 1. The lowest BCUT2D eigenvalue weighted by Gasteiger charge is -2.14. The third kappa shape index (κ3) is 3.20. The van der Waals surface area contributed by atoms with E-state index >= 15 is 0 Å². The van der Waals surface area contributed by atoms with Crippen LogP contribution in [0.15, 0.2) is 48.0 Å². The van der Waals surface area contributed by atoms with Crippen LogP contribution in [-0.2, 0) is 9.59 Å². The van der Waals surface area contributed by atoms with E-state index in [2.05, 4.69) is 5.43 Å². The van der Waals surface area contributed by atoms with Gasteiger partial charge in [-0.1, -0.05) is 40.9 Å². The quantitative estimate of drug-likeness (QED) is 0.641. The van der Waals surface area contributed by atoms with Crippen LogP contribution in [0.4, 0.5) is 5.69 Å². The summed E-state index contributed by atoms with van der Waals surface area (Å²) in [5, 5.41) is 2.53. The minimum atomic E-state index is -0.504. The van der Waals surface area contributed by atoms with Crippen molar-refractivity contribution in [3.05, 3.63) is 68.7 Å². The summed E-state index contributed by atoms with van der Waals surface area (Å²) in [7, 11) is 0. The summed E-state index contributed by atoms with van der Waals surface area (Å²) >= 11 is 17.7. The van der Waals surface area contributed by atoms with Crippen LogP contribution < -0.4 is 10.4 Å². The van der Waals surface area contributed by atoms with Crippen molar-refractivity contribution in [3.8, 4) is 0 Å². The van der Waals surface area contributed by atoms with Crippen molar-refractivity contribution in [2.24, 2.45) is 0 Å². The highest BCUT2D eigenvalue weighted by Gasteiger charge is 2.34. The molecule has 2 aromatic rings. The Hall–Kier alpha value is -2.01. The van der Waals surface area contributed by atoms with Gasteiger partial charge in [-0.25, -0.2) is 5.01 Å².